The van der Waals surface area contributed by atoms with Gasteiger partial charge in [-0.2, -0.15) is 13.2 Å². The largest absolute Gasteiger partial charge is 0.488 e. The molecule has 20 heavy (non-hydrogen) atoms. The quantitative estimate of drug-likeness (QED) is 0.801. The van der Waals surface area contributed by atoms with Gasteiger partial charge in [0.2, 0.25) is 0 Å². The number of hydrogen-bond acceptors (Lipinski definition) is 3. The first-order chi connectivity index (χ1) is 9.47. The van der Waals surface area contributed by atoms with Gasteiger partial charge in [-0.3, -0.25) is 4.79 Å². The van der Waals surface area contributed by atoms with Crippen molar-refractivity contribution < 1.29 is 27.4 Å². The molecule has 0 N–H and O–H groups in total. The summed E-state index contributed by atoms with van der Waals surface area (Å²) in [6.45, 7) is -0.210. The van der Waals surface area contributed by atoms with Crippen LogP contribution in [0.2, 0.25) is 0 Å². The normalized spacial score (nSPS) is 23.8. The molecule has 1 saturated heterocycles. The molecule has 1 amide bonds. The third-order valence-electron chi connectivity index (χ3n) is 3.33. The second kappa shape index (κ2) is 6.47. The fourth-order valence-electron chi connectivity index (χ4n) is 2.38. The third-order valence-corrected chi connectivity index (χ3v) is 3.33. The zero-order valence-electron chi connectivity index (χ0n) is 11.1. The molecule has 0 aromatic rings. The molecule has 2 rings (SSSR count). The molecule has 114 valence electrons. The first kappa shape index (κ1) is 15.2. The Hall–Kier alpha value is -1.24. The van der Waals surface area contributed by atoms with Gasteiger partial charge >= 0.3 is 6.18 Å². The zero-order chi connectivity index (χ0) is 14.6. The summed E-state index contributed by atoms with van der Waals surface area (Å²) in [7, 11) is 0. The van der Waals surface area contributed by atoms with E-state index in [4.69, 9.17) is 9.47 Å². The number of carbonyl (C=O) groups excluding carboxylic acids is 1. The van der Waals surface area contributed by atoms with E-state index in [1.807, 2.05) is 0 Å². The molecule has 0 spiro atoms. The molecular weight excluding hydrogens is 275 g/mol. The smallest absolute Gasteiger partial charge is 0.406 e. The van der Waals surface area contributed by atoms with Gasteiger partial charge in [0.25, 0.3) is 5.91 Å². The van der Waals surface area contributed by atoms with Gasteiger partial charge in [-0.1, -0.05) is 0 Å². The van der Waals surface area contributed by atoms with Crippen LogP contribution in [0, 0.1) is 0 Å². The van der Waals surface area contributed by atoms with Crippen molar-refractivity contribution in [2.75, 3.05) is 26.4 Å². The summed E-state index contributed by atoms with van der Waals surface area (Å²) < 4.78 is 48.5. The lowest BCUT2D eigenvalue weighted by molar-refractivity contribution is -0.169. The second-order valence-electron chi connectivity index (χ2n) is 4.98. The fraction of sp³-hybridized carbons (Fsp3) is 0.769. The minimum atomic E-state index is -4.43. The van der Waals surface area contributed by atoms with Crippen molar-refractivity contribution >= 4 is 5.91 Å². The Morgan fingerprint density at radius 3 is 2.70 bits per heavy atom. The monoisotopic (exact) mass is 293 g/mol. The molecular formula is C13H18F3NO3. The van der Waals surface area contributed by atoms with Gasteiger partial charge in [0, 0.05) is 6.61 Å². The summed E-state index contributed by atoms with van der Waals surface area (Å²) in [6, 6.07) is -0.538. The van der Waals surface area contributed by atoms with Crippen LogP contribution in [0.1, 0.15) is 25.7 Å². The number of allylic oxidation sites excluding steroid dienone is 1. The second-order valence-corrected chi connectivity index (χ2v) is 4.98. The Morgan fingerprint density at radius 2 is 2.15 bits per heavy atom. The van der Waals surface area contributed by atoms with E-state index in [1.165, 1.54) is 0 Å². The Morgan fingerprint density at radius 1 is 1.35 bits per heavy atom. The van der Waals surface area contributed by atoms with E-state index >= 15 is 0 Å². The number of rotatable bonds is 3. The molecule has 0 radical (unpaired) electrons. The molecule has 1 atom stereocenters. The molecule has 0 bridgehead atoms. The Labute approximate surface area is 115 Å². The van der Waals surface area contributed by atoms with Crippen molar-refractivity contribution in [1.29, 1.82) is 0 Å². The summed E-state index contributed by atoms with van der Waals surface area (Å²) in [5.41, 5.74) is 0. The lowest BCUT2D eigenvalue weighted by Crippen LogP contribution is -2.49. The maximum Gasteiger partial charge on any atom is 0.406 e. The van der Waals surface area contributed by atoms with Gasteiger partial charge in [0.15, 0.2) is 5.76 Å². The van der Waals surface area contributed by atoms with Crippen LogP contribution in [-0.4, -0.2) is 49.4 Å². The van der Waals surface area contributed by atoms with Crippen LogP contribution in [0.25, 0.3) is 0 Å². The average molecular weight is 293 g/mol. The number of ether oxygens (including phenoxy) is 2. The van der Waals surface area contributed by atoms with E-state index in [9.17, 15) is 18.0 Å². The predicted molar refractivity (Wildman–Crippen MR) is 64.9 cm³/mol. The Balaban J connectivity index is 2.11. The third kappa shape index (κ3) is 4.13. The summed E-state index contributed by atoms with van der Waals surface area (Å²) in [5.74, 6) is -0.649. The topological polar surface area (TPSA) is 38.8 Å². The maximum absolute atomic E-state index is 12.7. The van der Waals surface area contributed by atoms with Crippen molar-refractivity contribution in [3.05, 3.63) is 11.8 Å². The number of hydrogen-bond donors (Lipinski definition) is 0. The lowest BCUT2D eigenvalue weighted by atomic mass is 10.1. The van der Waals surface area contributed by atoms with Crippen LogP contribution in [0.15, 0.2) is 11.8 Å². The van der Waals surface area contributed by atoms with E-state index in [2.05, 4.69) is 0 Å². The summed E-state index contributed by atoms with van der Waals surface area (Å²) in [4.78, 5) is 13.1. The lowest BCUT2D eigenvalue weighted by Gasteiger charge is -2.35. The number of alkyl halides is 3. The molecule has 0 aromatic heterocycles. The van der Waals surface area contributed by atoms with Crippen LogP contribution >= 0.6 is 0 Å². The molecule has 0 aliphatic carbocycles. The Kier molecular flexibility index (Phi) is 4.91. The van der Waals surface area contributed by atoms with Gasteiger partial charge in [0.1, 0.15) is 6.54 Å². The predicted octanol–water partition coefficient (Wildman–Crippen LogP) is 2.25. The highest BCUT2D eigenvalue weighted by atomic mass is 19.4. The SMILES string of the molecule is O=C(C1=CCCCO1)N(CC(F)(F)F)[C@H]1CCCOC1. The van der Waals surface area contributed by atoms with E-state index in [0.29, 0.717) is 32.5 Å². The van der Waals surface area contributed by atoms with Crippen molar-refractivity contribution in [3.8, 4) is 0 Å². The zero-order valence-corrected chi connectivity index (χ0v) is 11.1. The van der Waals surface area contributed by atoms with E-state index in [0.717, 1.165) is 11.3 Å². The minimum absolute atomic E-state index is 0.0334. The highest BCUT2D eigenvalue weighted by Gasteiger charge is 2.38. The van der Waals surface area contributed by atoms with Gasteiger partial charge in [-0.15, -0.1) is 0 Å². The van der Waals surface area contributed by atoms with Crippen molar-refractivity contribution in [2.45, 2.75) is 37.9 Å². The molecule has 2 aliphatic heterocycles. The summed E-state index contributed by atoms with van der Waals surface area (Å²) >= 11 is 0. The van der Waals surface area contributed by atoms with Crippen molar-refractivity contribution in [2.24, 2.45) is 0 Å². The molecule has 0 unspecified atom stereocenters. The van der Waals surface area contributed by atoms with Crippen LogP contribution in [0.3, 0.4) is 0 Å². The number of nitrogens with zero attached hydrogens (tertiary/aromatic N) is 1. The standard InChI is InChI=1S/C13H18F3NO3/c14-13(15,16)9-17(10-4-3-6-19-8-10)12(18)11-5-1-2-7-20-11/h5,10H,1-4,6-9H2/t10-/m0/s1. The van der Waals surface area contributed by atoms with Gasteiger partial charge in [-0.25, -0.2) is 0 Å². The highest BCUT2D eigenvalue weighted by molar-refractivity contribution is 5.91. The van der Waals surface area contributed by atoms with E-state index in [-0.39, 0.29) is 12.4 Å². The van der Waals surface area contributed by atoms with Crippen LogP contribution in [-0.2, 0) is 14.3 Å². The number of carbonyl (C=O) groups is 1. The Bertz CT molecular complexity index is 376. The molecule has 2 aliphatic rings. The molecule has 4 nitrogen and oxygen atoms in total. The molecule has 2 heterocycles. The average Bonchev–Trinajstić information content (AvgIpc) is 2.45. The van der Waals surface area contributed by atoms with Crippen molar-refractivity contribution in [1.82, 2.24) is 4.90 Å². The van der Waals surface area contributed by atoms with Crippen LogP contribution < -0.4 is 0 Å². The first-order valence-corrected chi connectivity index (χ1v) is 6.76. The highest BCUT2D eigenvalue weighted by Crippen LogP contribution is 2.24. The molecule has 0 saturated carbocycles. The van der Waals surface area contributed by atoms with Gasteiger partial charge in [0.05, 0.1) is 19.3 Å². The van der Waals surface area contributed by atoms with Gasteiger partial charge in [-0.05, 0) is 31.8 Å². The fourth-order valence-corrected chi connectivity index (χ4v) is 2.38. The van der Waals surface area contributed by atoms with Crippen molar-refractivity contribution in [3.63, 3.8) is 0 Å². The number of amides is 1. The summed E-state index contributed by atoms with van der Waals surface area (Å²) in [5, 5.41) is 0. The molecule has 0 aromatic carbocycles. The first-order valence-electron chi connectivity index (χ1n) is 6.76. The van der Waals surface area contributed by atoms with E-state index in [1.54, 1.807) is 6.08 Å². The molecule has 1 fully saturated rings. The van der Waals surface area contributed by atoms with E-state index < -0.39 is 24.7 Å². The number of halogens is 3. The summed E-state index contributed by atoms with van der Waals surface area (Å²) in [6.07, 6.45) is -0.243. The maximum atomic E-state index is 12.7. The van der Waals surface area contributed by atoms with Crippen LogP contribution in [0.4, 0.5) is 13.2 Å². The molecule has 7 heteroatoms. The van der Waals surface area contributed by atoms with Crippen LogP contribution in [0.5, 0.6) is 0 Å². The van der Waals surface area contributed by atoms with Gasteiger partial charge < -0.3 is 14.4 Å². The minimum Gasteiger partial charge on any atom is -0.488 e.